The van der Waals surface area contributed by atoms with E-state index in [0.29, 0.717) is 22.4 Å². The van der Waals surface area contributed by atoms with Crippen LogP contribution in [0.5, 0.6) is 0 Å². The molecule has 0 aliphatic rings. The van der Waals surface area contributed by atoms with Gasteiger partial charge in [-0.05, 0) is 24.5 Å². The fourth-order valence-electron chi connectivity index (χ4n) is 1.61. The highest BCUT2D eigenvalue weighted by atomic mass is 35.5. The van der Waals surface area contributed by atoms with Crippen LogP contribution >= 0.6 is 11.6 Å². The molecule has 1 aromatic carbocycles. The van der Waals surface area contributed by atoms with Gasteiger partial charge in [0.25, 0.3) is 0 Å². The third-order valence-corrected chi connectivity index (χ3v) is 4.85. The van der Waals surface area contributed by atoms with Crippen LogP contribution in [0.4, 0.5) is 5.69 Å². The molecule has 3 nitrogen and oxygen atoms in total. The quantitative estimate of drug-likeness (QED) is 0.784. The molecule has 0 amide bonds. The van der Waals surface area contributed by atoms with Crippen LogP contribution in [0.2, 0.25) is 0 Å². The minimum atomic E-state index is -3.18. The van der Waals surface area contributed by atoms with Crippen molar-refractivity contribution < 1.29 is 8.42 Å². The molecule has 1 N–H and O–H groups in total. The Morgan fingerprint density at radius 1 is 1.33 bits per heavy atom. The van der Waals surface area contributed by atoms with E-state index < -0.39 is 9.84 Å². The van der Waals surface area contributed by atoms with Crippen molar-refractivity contribution in [3.05, 3.63) is 24.3 Å². The fourth-order valence-corrected chi connectivity index (χ4v) is 3.06. The van der Waals surface area contributed by atoms with E-state index in [0.717, 1.165) is 13.0 Å². The zero-order valence-corrected chi connectivity index (χ0v) is 12.4. The summed E-state index contributed by atoms with van der Waals surface area (Å²) < 4.78 is 23.9. The fraction of sp³-hybridized carbons (Fsp3) is 0.538. The molecule has 0 aromatic heterocycles. The molecule has 0 saturated carbocycles. The van der Waals surface area contributed by atoms with Crippen molar-refractivity contribution in [1.82, 2.24) is 0 Å². The number of hydrogen-bond donors (Lipinski definition) is 1. The van der Waals surface area contributed by atoms with Crippen molar-refractivity contribution in [2.24, 2.45) is 5.92 Å². The smallest absolute Gasteiger partial charge is 0.180 e. The van der Waals surface area contributed by atoms with Crippen LogP contribution in [-0.2, 0) is 9.84 Å². The summed E-state index contributed by atoms with van der Waals surface area (Å²) in [4.78, 5) is 0.380. The molecule has 0 bridgehead atoms. The Morgan fingerprint density at radius 3 is 2.61 bits per heavy atom. The van der Waals surface area contributed by atoms with Gasteiger partial charge in [-0.3, -0.25) is 0 Å². The topological polar surface area (TPSA) is 46.2 Å². The lowest BCUT2D eigenvalue weighted by Crippen LogP contribution is -2.14. The predicted molar refractivity (Wildman–Crippen MR) is 77.2 cm³/mol. The monoisotopic (exact) mass is 289 g/mol. The van der Waals surface area contributed by atoms with E-state index in [1.54, 1.807) is 25.1 Å². The Kier molecular flexibility index (Phi) is 5.96. The van der Waals surface area contributed by atoms with Crippen LogP contribution in [0.25, 0.3) is 0 Å². The molecule has 0 fully saturated rings. The van der Waals surface area contributed by atoms with Gasteiger partial charge in [0.2, 0.25) is 0 Å². The lowest BCUT2D eigenvalue weighted by molar-refractivity contribution is 0.591. The zero-order valence-electron chi connectivity index (χ0n) is 10.8. The summed E-state index contributed by atoms with van der Waals surface area (Å²) in [5.41, 5.74) is 0.681. The molecule has 1 atom stereocenters. The summed E-state index contributed by atoms with van der Waals surface area (Å²) in [6.45, 7) is 4.47. The van der Waals surface area contributed by atoms with Crippen molar-refractivity contribution in [2.75, 3.05) is 23.5 Å². The normalized spacial score (nSPS) is 13.3. The first kappa shape index (κ1) is 15.3. The number of para-hydroxylation sites is 1. The lowest BCUT2D eigenvalue weighted by Gasteiger charge is -2.15. The van der Waals surface area contributed by atoms with Gasteiger partial charge in [-0.15, -0.1) is 11.6 Å². The van der Waals surface area contributed by atoms with E-state index in [1.807, 2.05) is 6.07 Å². The van der Waals surface area contributed by atoms with E-state index in [-0.39, 0.29) is 5.75 Å². The van der Waals surface area contributed by atoms with E-state index in [4.69, 9.17) is 11.6 Å². The number of anilines is 1. The van der Waals surface area contributed by atoms with Gasteiger partial charge in [0.15, 0.2) is 9.84 Å². The second-order valence-electron chi connectivity index (χ2n) is 4.36. The maximum atomic E-state index is 11.9. The molecule has 0 aliphatic carbocycles. The number of halogens is 1. The van der Waals surface area contributed by atoms with Crippen molar-refractivity contribution in [3.8, 4) is 0 Å². The highest BCUT2D eigenvalue weighted by Gasteiger charge is 2.16. The minimum absolute atomic E-state index is 0.114. The number of rotatable bonds is 7. The standard InChI is InChI=1S/C13H20ClNO2S/c1-3-18(16,17)13-7-5-4-6-12(13)15-10-11(2)8-9-14/h4-7,11,15H,3,8-10H2,1-2H3. The predicted octanol–water partition coefficient (Wildman–Crippen LogP) is 3.16. The van der Waals surface area contributed by atoms with Gasteiger partial charge in [0, 0.05) is 12.4 Å². The van der Waals surface area contributed by atoms with Crippen LogP contribution in [-0.4, -0.2) is 26.6 Å². The molecule has 0 heterocycles. The van der Waals surface area contributed by atoms with E-state index in [2.05, 4.69) is 12.2 Å². The third kappa shape index (κ3) is 4.18. The summed E-state index contributed by atoms with van der Waals surface area (Å²) in [5, 5.41) is 3.20. The molecule has 0 spiro atoms. The molecule has 1 rings (SSSR count). The van der Waals surface area contributed by atoms with Crippen LogP contribution in [0, 0.1) is 5.92 Å². The summed E-state index contributed by atoms with van der Waals surface area (Å²) in [7, 11) is -3.18. The van der Waals surface area contributed by atoms with Gasteiger partial charge in [-0.1, -0.05) is 26.0 Å². The van der Waals surface area contributed by atoms with Crippen molar-refractivity contribution in [2.45, 2.75) is 25.2 Å². The summed E-state index contributed by atoms with van der Waals surface area (Å²) in [6, 6.07) is 7.03. The van der Waals surface area contributed by atoms with Crippen LogP contribution in [0.15, 0.2) is 29.2 Å². The van der Waals surface area contributed by atoms with Gasteiger partial charge in [-0.25, -0.2) is 8.42 Å². The van der Waals surface area contributed by atoms with E-state index in [9.17, 15) is 8.42 Å². The summed E-state index contributed by atoms with van der Waals surface area (Å²) in [5.74, 6) is 1.15. The molecule has 5 heteroatoms. The van der Waals surface area contributed by atoms with Gasteiger partial charge in [-0.2, -0.15) is 0 Å². The van der Waals surface area contributed by atoms with Gasteiger partial charge >= 0.3 is 0 Å². The Bertz CT molecular complexity index is 474. The highest BCUT2D eigenvalue weighted by molar-refractivity contribution is 7.91. The second-order valence-corrected chi connectivity index (χ2v) is 6.99. The first-order chi connectivity index (χ1) is 8.51. The molecule has 18 heavy (non-hydrogen) atoms. The zero-order chi connectivity index (χ0) is 13.6. The van der Waals surface area contributed by atoms with Gasteiger partial charge in [0.1, 0.15) is 0 Å². The molecule has 0 aliphatic heterocycles. The third-order valence-electron chi connectivity index (χ3n) is 2.85. The van der Waals surface area contributed by atoms with Crippen LogP contribution in [0.3, 0.4) is 0 Å². The number of benzene rings is 1. The van der Waals surface area contributed by atoms with Crippen molar-refractivity contribution in [1.29, 1.82) is 0 Å². The number of alkyl halides is 1. The van der Waals surface area contributed by atoms with E-state index >= 15 is 0 Å². The highest BCUT2D eigenvalue weighted by Crippen LogP contribution is 2.22. The maximum Gasteiger partial charge on any atom is 0.180 e. The summed E-state index contributed by atoms with van der Waals surface area (Å²) in [6.07, 6.45) is 0.914. The minimum Gasteiger partial charge on any atom is -0.384 e. The SMILES string of the molecule is CCS(=O)(=O)c1ccccc1NCC(C)CCCl. The first-order valence-corrected chi connectivity index (χ1v) is 8.31. The Labute approximate surface area is 114 Å². The average Bonchev–Trinajstić information content (AvgIpc) is 2.37. The summed E-state index contributed by atoms with van der Waals surface area (Å²) >= 11 is 5.68. The van der Waals surface area contributed by atoms with Crippen molar-refractivity contribution >= 4 is 27.1 Å². The maximum absolute atomic E-state index is 11.9. The molecule has 0 radical (unpaired) electrons. The molecule has 102 valence electrons. The van der Waals surface area contributed by atoms with E-state index in [1.165, 1.54) is 0 Å². The van der Waals surface area contributed by atoms with Crippen molar-refractivity contribution in [3.63, 3.8) is 0 Å². The Morgan fingerprint density at radius 2 is 2.00 bits per heavy atom. The second kappa shape index (κ2) is 7.00. The largest absolute Gasteiger partial charge is 0.384 e. The first-order valence-electron chi connectivity index (χ1n) is 6.13. The molecular weight excluding hydrogens is 270 g/mol. The van der Waals surface area contributed by atoms with Gasteiger partial charge in [0.05, 0.1) is 16.3 Å². The number of sulfone groups is 1. The van der Waals surface area contributed by atoms with Crippen LogP contribution in [0.1, 0.15) is 20.3 Å². The molecule has 1 aromatic rings. The lowest BCUT2D eigenvalue weighted by atomic mass is 10.1. The molecule has 1 unspecified atom stereocenters. The molecular formula is C13H20ClNO2S. The number of nitrogens with one attached hydrogen (secondary N) is 1. The van der Waals surface area contributed by atoms with Gasteiger partial charge < -0.3 is 5.32 Å². The Balaban J connectivity index is 2.84. The molecule has 0 saturated heterocycles. The number of hydrogen-bond acceptors (Lipinski definition) is 3. The average molecular weight is 290 g/mol. The van der Waals surface area contributed by atoms with Crippen LogP contribution < -0.4 is 5.32 Å². The Hall–Kier alpha value is -0.740.